The number of nitrogens with two attached hydrogens (primary N) is 1. The molecule has 118 valence electrons. The minimum Gasteiger partial charge on any atom is -0.330 e. The van der Waals surface area contributed by atoms with Crippen LogP contribution in [0.15, 0.2) is 18.2 Å². The van der Waals surface area contributed by atoms with E-state index >= 15 is 0 Å². The third kappa shape index (κ3) is 2.95. The molecule has 0 saturated carbocycles. The summed E-state index contributed by atoms with van der Waals surface area (Å²) in [6.07, 6.45) is 1.14. The molecule has 2 N–H and O–H groups in total. The summed E-state index contributed by atoms with van der Waals surface area (Å²) in [5.74, 6) is -1.68. The third-order valence-electron chi connectivity index (χ3n) is 4.24. The Kier molecular flexibility index (Phi) is 4.47. The monoisotopic (exact) mass is 307 g/mol. The fourth-order valence-electron chi connectivity index (χ4n) is 3.14. The van der Waals surface area contributed by atoms with Gasteiger partial charge in [-0.3, -0.25) is 4.79 Å². The normalized spacial score (nSPS) is 21.7. The summed E-state index contributed by atoms with van der Waals surface area (Å²) in [4.78, 5) is 13.8. The van der Waals surface area contributed by atoms with E-state index in [1.54, 1.807) is 13.8 Å². The lowest BCUT2D eigenvalue weighted by Gasteiger charge is -2.36. The second-order valence-corrected chi connectivity index (χ2v) is 6.15. The third-order valence-corrected chi connectivity index (χ3v) is 4.24. The summed E-state index contributed by atoms with van der Waals surface area (Å²) in [6.45, 7) is 3.30. The van der Waals surface area contributed by atoms with Gasteiger partial charge in [0.05, 0.1) is 30.1 Å². The van der Waals surface area contributed by atoms with Gasteiger partial charge in [0.1, 0.15) is 11.6 Å². The summed E-state index contributed by atoms with van der Waals surface area (Å²) >= 11 is 0. The molecule has 6 heteroatoms. The predicted molar refractivity (Wildman–Crippen MR) is 77.4 cm³/mol. The molecule has 0 spiro atoms. The van der Waals surface area contributed by atoms with E-state index in [1.807, 2.05) is 0 Å². The number of hydrogen-bond acceptors (Lipinski definition) is 3. The van der Waals surface area contributed by atoms with Gasteiger partial charge in [0.25, 0.3) is 0 Å². The Balaban J connectivity index is 2.43. The topological polar surface area (TPSA) is 70.1 Å². The summed E-state index contributed by atoms with van der Waals surface area (Å²) in [6, 6.07) is 4.67. The Morgan fingerprint density at radius 3 is 2.45 bits per heavy atom. The number of rotatable bonds is 3. The van der Waals surface area contributed by atoms with Gasteiger partial charge >= 0.3 is 0 Å². The predicted octanol–water partition coefficient (Wildman–Crippen LogP) is 2.51. The first kappa shape index (κ1) is 16.4. The molecule has 22 heavy (non-hydrogen) atoms. The summed E-state index contributed by atoms with van der Waals surface area (Å²) in [5.41, 5.74) is 5.12. The van der Waals surface area contributed by atoms with Gasteiger partial charge in [0, 0.05) is 6.07 Å². The number of benzene rings is 1. The smallest absolute Gasteiger partial charge is 0.237 e. The number of nitrogens with zero attached hydrogens (tertiary/aromatic N) is 2. The van der Waals surface area contributed by atoms with E-state index in [4.69, 9.17) is 5.73 Å². The molecule has 0 radical (unpaired) electrons. The van der Waals surface area contributed by atoms with Crippen molar-refractivity contribution >= 4 is 5.91 Å². The van der Waals surface area contributed by atoms with E-state index in [9.17, 15) is 18.8 Å². The first-order chi connectivity index (χ1) is 10.3. The zero-order valence-electron chi connectivity index (χ0n) is 12.6. The van der Waals surface area contributed by atoms with Gasteiger partial charge in [0.15, 0.2) is 0 Å². The van der Waals surface area contributed by atoms with Crippen LogP contribution in [0.5, 0.6) is 0 Å². The zero-order chi connectivity index (χ0) is 16.5. The van der Waals surface area contributed by atoms with Gasteiger partial charge in [-0.1, -0.05) is 0 Å². The van der Waals surface area contributed by atoms with Gasteiger partial charge in [-0.15, -0.1) is 0 Å². The molecule has 1 aromatic carbocycles. The van der Waals surface area contributed by atoms with Crippen molar-refractivity contribution in [1.29, 1.82) is 5.26 Å². The highest BCUT2D eigenvalue weighted by Crippen LogP contribution is 2.43. The molecule has 1 aliphatic rings. The van der Waals surface area contributed by atoms with Crippen LogP contribution in [0.2, 0.25) is 0 Å². The summed E-state index contributed by atoms with van der Waals surface area (Å²) < 4.78 is 26.9. The maximum Gasteiger partial charge on any atom is 0.237 e. The fourth-order valence-corrected chi connectivity index (χ4v) is 3.14. The molecule has 2 rings (SSSR count). The Hall–Kier alpha value is -2.00. The Labute approximate surface area is 128 Å². The van der Waals surface area contributed by atoms with Crippen LogP contribution in [0.3, 0.4) is 0 Å². The van der Waals surface area contributed by atoms with Crippen molar-refractivity contribution in [3.63, 3.8) is 0 Å². The van der Waals surface area contributed by atoms with Crippen LogP contribution in [0.4, 0.5) is 8.78 Å². The number of nitriles is 1. The molecule has 1 amide bonds. The van der Waals surface area contributed by atoms with E-state index in [1.165, 1.54) is 17.0 Å². The number of hydrogen-bond donors (Lipinski definition) is 1. The molecule has 4 nitrogen and oxygen atoms in total. The Bertz CT molecular complexity index is 604. The van der Waals surface area contributed by atoms with Gasteiger partial charge in [0.2, 0.25) is 5.91 Å². The molecule has 1 aliphatic heterocycles. The van der Waals surface area contributed by atoms with Crippen LogP contribution < -0.4 is 5.73 Å². The Morgan fingerprint density at radius 1 is 1.36 bits per heavy atom. The van der Waals surface area contributed by atoms with Gasteiger partial charge in [-0.05, 0) is 44.4 Å². The molecular formula is C16H19F2N3O. The first-order valence-corrected chi connectivity index (χ1v) is 7.18. The number of amides is 1. The van der Waals surface area contributed by atoms with Gasteiger partial charge < -0.3 is 10.6 Å². The lowest BCUT2D eigenvalue weighted by Crippen LogP contribution is -2.47. The van der Waals surface area contributed by atoms with Crippen LogP contribution in [0.1, 0.15) is 38.3 Å². The number of halogens is 2. The maximum atomic E-state index is 13.5. The van der Waals surface area contributed by atoms with Crippen molar-refractivity contribution in [3.05, 3.63) is 35.4 Å². The van der Waals surface area contributed by atoms with Crippen LogP contribution in [-0.4, -0.2) is 23.4 Å². The van der Waals surface area contributed by atoms with Gasteiger partial charge in [-0.25, -0.2) is 8.78 Å². The number of carbonyl (C=O) groups is 1. The van der Waals surface area contributed by atoms with E-state index in [-0.39, 0.29) is 18.5 Å². The van der Waals surface area contributed by atoms with Crippen molar-refractivity contribution in [1.82, 2.24) is 4.90 Å². The Morgan fingerprint density at radius 2 is 1.95 bits per heavy atom. The summed E-state index contributed by atoms with van der Waals surface area (Å²) in [5, 5.41) is 9.33. The maximum absolute atomic E-state index is 13.5. The highest BCUT2D eigenvalue weighted by Gasteiger charge is 2.45. The van der Waals surface area contributed by atoms with Crippen LogP contribution in [0.25, 0.3) is 0 Å². The van der Waals surface area contributed by atoms with Crippen LogP contribution >= 0.6 is 0 Å². The molecule has 0 aromatic heterocycles. The quantitative estimate of drug-likeness (QED) is 0.932. The SMILES string of the molecule is CC(C)(C#N)C1CCC(c2cc(F)cc(F)c2)N1C(=O)CN. The van der Waals surface area contributed by atoms with Gasteiger partial charge in [-0.2, -0.15) is 5.26 Å². The van der Waals surface area contributed by atoms with Crippen LogP contribution in [0, 0.1) is 28.4 Å². The molecule has 1 aromatic rings. The lowest BCUT2D eigenvalue weighted by atomic mass is 9.84. The standard InChI is InChI=1S/C16H19F2N3O/c1-16(2,9-20)14-4-3-13(21(14)15(22)8-19)10-5-11(17)7-12(18)6-10/h5-7,13-14H,3-4,8,19H2,1-2H3. The average Bonchev–Trinajstić information content (AvgIpc) is 2.91. The second kappa shape index (κ2) is 6.01. The van der Waals surface area contributed by atoms with E-state index < -0.39 is 23.1 Å². The molecule has 1 saturated heterocycles. The molecular weight excluding hydrogens is 288 g/mol. The second-order valence-electron chi connectivity index (χ2n) is 6.15. The number of carbonyl (C=O) groups excluding carboxylic acids is 1. The largest absolute Gasteiger partial charge is 0.330 e. The number of likely N-dealkylation sites (tertiary alicyclic amines) is 1. The fraction of sp³-hybridized carbons (Fsp3) is 0.500. The van der Waals surface area contributed by atoms with Crippen LogP contribution in [-0.2, 0) is 4.79 Å². The lowest BCUT2D eigenvalue weighted by molar-refractivity contribution is -0.134. The van der Waals surface area contributed by atoms with Crippen molar-refractivity contribution in [2.75, 3.05) is 6.54 Å². The highest BCUT2D eigenvalue weighted by molar-refractivity contribution is 5.79. The van der Waals surface area contributed by atoms with Crippen molar-refractivity contribution < 1.29 is 13.6 Å². The van der Waals surface area contributed by atoms with E-state index in [0.29, 0.717) is 18.4 Å². The average molecular weight is 307 g/mol. The van der Waals surface area contributed by atoms with E-state index in [2.05, 4.69) is 6.07 Å². The highest BCUT2D eigenvalue weighted by atomic mass is 19.1. The molecule has 2 unspecified atom stereocenters. The molecule has 1 fully saturated rings. The minimum absolute atomic E-state index is 0.202. The van der Waals surface area contributed by atoms with E-state index in [0.717, 1.165) is 6.07 Å². The van der Waals surface area contributed by atoms with Crippen molar-refractivity contribution in [3.8, 4) is 6.07 Å². The molecule has 1 heterocycles. The zero-order valence-corrected chi connectivity index (χ0v) is 12.6. The minimum atomic E-state index is -0.758. The molecule has 2 atom stereocenters. The molecule has 0 aliphatic carbocycles. The van der Waals surface area contributed by atoms with Crippen molar-refractivity contribution in [2.24, 2.45) is 11.1 Å². The van der Waals surface area contributed by atoms with Crippen molar-refractivity contribution in [2.45, 2.75) is 38.8 Å². The first-order valence-electron chi connectivity index (χ1n) is 7.18. The summed E-state index contributed by atoms with van der Waals surface area (Å²) in [7, 11) is 0. The molecule has 0 bridgehead atoms.